The molecule has 1 aliphatic rings. The van der Waals surface area contributed by atoms with Gasteiger partial charge in [0.2, 0.25) is 0 Å². The van der Waals surface area contributed by atoms with Gasteiger partial charge in [-0.1, -0.05) is 24.3 Å². The van der Waals surface area contributed by atoms with E-state index in [0.717, 1.165) is 29.6 Å². The van der Waals surface area contributed by atoms with Crippen molar-refractivity contribution in [1.29, 1.82) is 0 Å². The zero-order valence-electron chi connectivity index (χ0n) is 16.7. The molecule has 6 heteroatoms. The maximum atomic E-state index is 13.0. The van der Waals surface area contributed by atoms with E-state index in [2.05, 4.69) is 40.2 Å². The summed E-state index contributed by atoms with van der Waals surface area (Å²) in [6.07, 6.45) is 2.14. The number of halogens is 1. The zero-order valence-corrected chi connectivity index (χ0v) is 16.7. The van der Waals surface area contributed by atoms with E-state index in [4.69, 9.17) is 4.98 Å². The average molecular weight is 412 g/mol. The van der Waals surface area contributed by atoms with Gasteiger partial charge in [0.1, 0.15) is 11.6 Å². The SMILES string of the molecule is O=C(Nc1ccc(F)cc1)Nc1ccc2nc(NC3CCc4ccccc43)ccc2c1. The molecular weight excluding hydrogens is 391 g/mol. The number of nitrogens with one attached hydrogen (secondary N) is 3. The smallest absolute Gasteiger partial charge is 0.323 e. The first-order chi connectivity index (χ1) is 15.1. The van der Waals surface area contributed by atoms with Gasteiger partial charge in [-0.25, -0.2) is 14.2 Å². The summed E-state index contributed by atoms with van der Waals surface area (Å²) in [7, 11) is 0. The van der Waals surface area contributed by atoms with Crippen molar-refractivity contribution in [2.45, 2.75) is 18.9 Å². The van der Waals surface area contributed by atoms with E-state index in [9.17, 15) is 9.18 Å². The van der Waals surface area contributed by atoms with Gasteiger partial charge in [-0.3, -0.25) is 0 Å². The minimum absolute atomic E-state index is 0.275. The van der Waals surface area contributed by atoms with E-state index < -0.39 is 6.03 Å². The Morgan fingerprint density at radius 1 is 0.903 bits per heavy atom. The number of hydrogen-bond acceptors (Lipinski definition) is 3. The molecule has 3 N–H and O–H groups in total. The summed E-state index contributed by atoms with van der Waals surface area (Å²) in [6.45, 7) is 0. The van der Waals surface area contributed by atoms with E-state index in [1.54, 1.807) is 0 Å². The van der Waals surface area contributed by atoms with Gasteiger partial charge in [0.05, 0.1) is 11.6 Å². The van der Waals surface area contributed by atoms with Gasteiger partial charge < -0.3 is 16.0 Å². The molecule has 1 atom stereocenters. The van der Waals surface area contributed by atoms with Crippen LogP contribution in [0.1, 0.15) is 23.6 Å². The molecule has 5 nitrogen and oxygen atoms in total. The quantitative estimate of drug-likeness (QED) is 0.378. The van der Waals surface area contributed by atoms with E-state index >= 15 is 0 Å². The molecule has 2 amide bonds. The second-order valence-electron chi connectivity index (χ2n) is 7.62. The Balaban J connectivity index is 1.28. The standard InChI is InChI=1S/C25H21FN4O/c26-18-7-9-19(10-8-18)27-25(31)28-20-11-13-22-17(15-20)6-14-24(29-22)30-23-12-5-16-3-1-2-4-21(16)23/h1-4,6-11,13-15,23H,5,12H2,(H,29,30)(H2,27,28,31). The Morgan fingerprint density at radius 2 is 1.68 bits per heavy atom. The van der Waals surface area contributed by atoms with Gasteiger partial charge in [-0.05, 0) is 78.6 Å². The molecular formula is C25H21FN4O. The number of benzene rings is 3. The van der Waals surface area contributed by atoms with E-state index in [1.165, 1.54) is 35.4 Å². The summed E-state index contributed by atoms with van der Waals surface area (Å²) >= 11 is 0. The number of urea groups is 1. The predicted octanol–water partition coefficient (Wildman–Crippen LogP) is 6.12. The Morgan fingerprint density at radius 3 is 2.55 bits per heavy atom. The van der Waals surface area contributed by atoms with Crippen molar-refractivity contribution >= 4 is 34.1 Å². The number of pyridine rings is 1. The number of nitrogens with zero attached hydrogens (tertiary/aromatic N) is 1. The second kappa shape index (κ2) is 8.07. The molecule has 31 heavy (non-hydrogen) atoms. The highest BCUT2D eigenvalue weighted by atomic mass is 19.1. The highest BCUT2D eigenvalue weighted by Crippen LogP contribution is 2.33. The molecule has 1 unspecified atom stereocenters. The van der Waals surface area contributed by atoms with Crippen molar-refractivity contribution in [1.82, 2.24) is 4.98 Å². The molecule has 0 saturated carbocycles. The van der Waals surface area contributed by atoms with Gasteiger partial charge >= 0.3 is 6.03 Å². The fourth-order valence-corrected chi connectivity index (χ4v) is 4.00. The van der Waals surface area contributed by atoms with E-state index in [1.807, 2.05) is 30.3 Å². The van der Waals surface area contributed by atoms with Gasteiger partial charge in [0.25, 0.3) is 0 Å². The largest absolute Gasteiger partial charge is 0.363 e. The van der Waals surface area contributed by atoms with Gasteiger partial charge in [-0.2, -0.15) is 0 Å². The maximum absolute atomic E-state index is 13.0. The van der Waals surface area contributed by atoms with E-state index in [0.29, 0.717) is 11.4 Å². The third kappa shape index (κ3) is 4.19. The topological polar surface area (TPSA) is 66.0 Å². The molecule has 0 fully saturated rings. The van der Waals surface area contributed by atoms with Crippen LogP contribution in [-0.2, 0) is 6.42 Å². The number of hydrogen-bond donors (Lipinski definition) is 3. The summed E-state index contributed by atoms with van der Waals surface area (Å²) in [5.74, 6) is 0.489. The first-order valence-electron chi connectivity index (χ1n) is 10.2. The number of fused-ring (bicyclic) bond motifs is 2. The minimum atomic E-state index is -0.392. The Hall–Kier alpha value is -3.93. The highest BCUT2D eigenvalue weighted by molar-refractivity contribution is 6.01. The number of carbonyl (C=O) groups is 1. The first-order valence-corrected chi connectivity index (χ1v) is 10.2. The monoisotopic (exact) mass is 412 g/mol. The zero-order chi connectivity index (χ0) is 21.2. The lowest BCUT2D eigenvalue weighted by molar-refractivity contribution is 0.262. The number of aryl methyl sites for hydroxylation is 1. The number of aromatic nitrogens is 1. The van der Waals surface area contributed by atoms with Crippen LogP contribution >= 0.6 is 0 Å². The van der Waals surface area contributed by atoms with Gasteiger partial charge in [0.15, 0.2) is 0 Å². The van der Waals surface area contributed by atoms with Crippen molar-refractivity contribution < 1.29 is 9.18 Å². The third-order valence-corrected chi connectivity index (χ3v) is 5.50. The van der Waals surface area contributed by atoms with Crippen molar-refractivity contribution in [2.24, 2.45) is 0 Å². The Bertz CT molecular complexity index is 1260. The lowest BCUT2D eigenvalue weighted by Gasteiger charge is -2.15. The number of carbonyl (C=O) groups excluding carboxylic acids is 1. The van der Waals surface area contributed by atoms with Gasteiger partial charge in [0, 0.05) is 16.8 Å². The van der Waals surface area contributed by atoms with Crippen LogP contribution in [0.15, 0.2) is 78.9 Å². The third-order valence-electron chi connectivity index (χ3n) is 5.50. The number of rotatable bonds is 4. The fourth-order valence-electron chi connectivity index (χ4n) is 4.00. The molecule has 154 valence electrons. The normalized spacial score (nSPS) is 14.8. The summed E-state index contributed by atoms with van der Waals surface area (Å²) in [6, 6.07) is 23.6. The van der Waals surface area contributed by atoms with E-state index in [-0.39, 0.29) is 11.9 Å². The molecule has 0 bridgehead atoms. The number of amides is 2. The summed E-state index contributed by atoms with van der Waals surface area (Å²) in [4.78, 5) is 16.9. The molecule has 3 aromatic carbocycles. The predicted molar refractivity (Wildman–Crippen MR) is 122 cm³/mol. The highest BCUT2D eigenvalue weighted by Gasteiger charge is 2.21. The molecule has 0 aliphatic heterocycles. The molecule has 0 saturated heterocycles. The van der Waals surface area contributed by atoms with Crippen LogP contribution in [0.25, 0.3) is 10.9 Å². The molecule has 1 aromatic heterocycles. The minimum Gasteiger partial charge on any atom is -0.363 e. The lowest BCUT2D eigenvalue weighted by Crippen LogP contribution is -2.19. The average Bonchev–Trinajstić information content (AvgIpc) is 3.18. The van der Waals surface area contributed by atoms with Crippen molar-refractivity contribution in [3.05, 3.63) is 95.8 Å². The lowest BCUT2D eigenvalue weighted by atomic mass is 10.1. The van der Waals surface area contributed by atoms with Gasteiger partial charge in [-0.15, -0.1) is 0 Å². The maximum Gasteiger partial charge on any atom is 0.323 e. The van der Waals surface area contributed by atoms with Crippen molar-refractivity contribution in [3.63, 3.8) is 0 Å². The molecule has 4 aromatic rings. The van der Waals surface area contributed by atoms with Crippen molar-refractivity contribution in [3.8, 4) is 0 Å². The van der Waals surface area contributed by atoms with Crippen LogP contribution in [-0.4, -0.2) is 11.0 Å². The summed E-state index contributed by atoms with van der Waals surface area (Å²) in [5, 5.41) is 9.95. The van der Waals surface area contributed by atoms with Crippen LogP contribution in [0.5, 0.6) is 0 Å². The first kappa shape index (κ1) is 19.1. The molecule has 0 radical (unpaired) electrons. The van der Waals surface area contributed by atoms with Crippen LogP contribution in [0.4, 0.5) is 26.4 Å². The Labute approximate surface area is 179 Å². The summed E-state index contributed by atoms with van der Waals surface area (Å²) in [5.41, 5.74) is 4.76. The molecule has 1 heterocycles. The Kier molecular flexibility index (Phi) is 4.96. The molecule has 1 aliphatic carbocycles. The molecule has 0 spiro atoms. The van der Waals surface area contributed by atoms with Crippen LogP contribution < -0.4 is 16.0 Å². The van der Waals surface area contributed by atoms with Crippen LogP contribution in [0.2, 0.25) is 0 Å². The fraction of sp³-hybridized carbons (Fsp3) is 0.120. The number of anilines is 3. The van der Waals surface area contributed by atoms with Crippen molar-refractivity contribution in [2.75, 3.05) is 16.0 Å². The van der Waals surface area contributed by atoms with Crippen LogP contribution in [0.3, 0.4) is 0 Å². The molecule has 5 rings (SSSR count). The van der Waals surface area contributed by atoms with Crippen LogP contribution in [0, 0.1) is 5.82 Å². The summed E-state index contributed by atoms with van der Waals surface area (Å²) < 4.78 is 13.0. The second-order valence-corrected chi connectivity index (χ2v) is 7.62.